The van der Waals surface area contributed by atoms with Crippen LogP contribution in [0.15, 0.2) is 59.4 Å². The first-order valence-electron chi connectivity index (χ1n) is 10.0. The van der Waals surface area contributed by atoms with Crippen molar-refractivity contribution >= 4 is 52.3 Å². The van der Waals surface area contributed by atoms with E-state index in [1.54, 1.807) is 49.4 Å². The molecule has 1 aliphatic rings. The van der Waals surface area contributed by atoms with Gasteiger partial charge in [-0.25, -0.2) is 9.69 Å². The summed E-state index contributed by atoms with van der Waals surface area (Å²) < 4.78 is 2.32. The van der Waals surface area contributed by atoms with Crippen LogP contribution in [0.2, 0.25) is 15.1 Å². The lowest BCUT2D eigenvalue weighted by Gasteiger charge is -2.17. The van der Waals surface area contributed by atoms with Gasteiger partial charge in [0.15, 0.2) is 0 Å². The Bertz CT molecular complexity index is 1520. The van der Waals surface area contributed by atoms with Crippen molar-refractivity contribution in [2.75, 3.05) is 4.90 Å². The molecular formula is C23H14Cl3N5O3. The Morgan fingerprint density at radius 3 is 2.03 bits per heavy atom. The van der Waals surface area contributed by atoms with Gasteiger partial charge in [-0.05, 0) is 58.8 Å². The van der Waals surface area contributed by atoms with Gasteiger partial charge in [0.2, 0.25) is 0 Å². The minimum atomic E-state index is -0.478. The highest BCUT2D eigenvalue weighted by atomic mass is 35.5. The van der Waals surface area contributed by atoms with Gasteiger partial charge in [-0.3, -0.25) is 9.59 Å². The van der Waals surface area contributed by atoms with Crippen LogP contribution in [-0.4, -0.2) is 31.6 Å². The number of imide groups is 1. The molecule has 2 amide bonds. The number of anilines is 1. The van der Waals surface area contributed by atoms with Crippen LogP contribution in [0.5, 0.6) is 0 Å². The van der Waals surface area contributed by atoms with Crippen LogP contribution in [0, 0.1) is 6.92 Å². The molecule has 0 unspecified atom stereocenters. The molecule has 0 aliphatic carbocycles. The topological polar surface area (TPSA) is 90.1 Å². The first-order chi connectivity index (χ1) is 16.3. The van der Waals surface area contributed by atoms with Crippen molar-refractivity contribution in [1.29, 1.82) is 0 Å². The SMILES string of the molecule is Cc1cc(Cn2nnn(-c3ccccc3Cl)c2=O)ccc1N1C(=O)c2cc(Cl)c(Cl)cc2C1=O. The number of hydrogen-bond donors (Lipinski definition) is 0. The standard InChI is InChI=1S/C23H14Cl3N5O3/c1-12-8-13(11-29-23(34)31(28-27-29)20-5-3-2-4-16(20)24)6-7-19(12)30-21(32)14-9-17(25)18(26)10-15(14)22(30)33/h2-10H,11H2,1H3. The molecule has 11 heteroatoms. The minimum absolute atomic E-state index is 0.137. The Balaban J connectivity index is 1.44. The highest BCUT2D eigenvalue weighted by molar-refractivity contribution is 6.44. The number of carbonyl (C=O) groups is 2. The molecule has 8 nitrogen and oxygen atoms in total. The van der Waals surface area contributed by atoms with Crippen molar-refractivity contribution in [2.45, 2.75) is 13.5 Å². The fourth-order valence-electron chi connectivity index (χ4n) is 3.84. The second kappa shape index (κ2) is 8.39. The molecule has 0 bridgehead atoms. The Morgan fingerprint density at radius 1 is 0.765 bits per heavy atom. The quantitative estimate of drug-likeness (QED) is 0.373. The summed E-state index contributed by atoms with van der Waals surface area (Å²) >= 11 is 18.2. The molecule has 0 radical (unpaired) electrons. The maximum Gasteiger partial charge on any atom is 0.368 e. The summed E-state index contributed by atoms with van der Waals surface area (Å²) in [6.45, 7) is 1.91. The molecule has 1 aromatic heterocycles. The van der Waals surface area contributed by atoms with Crippen molar-refractivity contribution in [1.82, 2.24) is 19.8 Å². The number of hydrogen-bond acceptors (Lipinski definition) is 5. The Labute approximate surface area is 207 Å². The summed E-state index contributed by atoms with van der Waals surface area (Å²) in [5, 5.41) is 8.63. The fraction of sp³-hybridized carbons (Fsp3) is 0.0870. The number of amides is 2. The number of rotatable bonds is 4. The summed E-state index contributed by atoms with van der Waals surface area (Å²) in [5.41, 5.74) is 2.19. The molecule has 1 aliphatic heterocycles. The van der Waals surface area contributed by atoms with E-state index < -0.39 is 17.5 Å². The van der Waals surface area contributed by atoms with E-state index in [1.807, 2.05) is 0 Å². The van der Waals surface area contributed by atoms with E-state index in [1.165, 1.54) is 16.8 Å². The number of aromatic nitrogens is 4. The molecule has 0 fully saturated rings. The molecule has 170 valence electrons. The number of nitrogens with zero attached hydrogens (tertiary/aromatic N) is 5. The summed E-state index contributed by atoms with van der Waals surface area (Å²) in [6, 6.07) is 14.8. The van der Waals surface area contributed by atoms with E-state index in [0.717, 1.165) is 15.1 Å². The summed E-state index contributed by atoms with van der Waals surface area (Å²) in [7, 11) is 0. The molecule has 3 aromatic carbocycles. The summed E-state index contributed by atoms with van der Waals surface area (Å²) in [5.74, 6) is -0.957. The Kier molecular flexibility index (Phi) is 5.51. The largest absolute Gasteiger partial charge is 0.368 e. The smallest absolute Gasteiger partial charge is 0.268 e. The van der Waals surface area contributed by atoms with Crippen LogP contribution >= 0.6 is 34.8 Å². The lowest BCUT2D eigenvalue weighted by molar-refractivity contribution is 0.0926. The fourth-order valence-corrected chi connectivity index (χ4v) is 4.38. The second-order valence-corrected chi connectivity index (χ2v) is 8.88. The van der Waals surface area contributed by atoms with Gasteiger partial charge in [0, 0.05) is 0 Å². The molecule has 4 aromatic rings. The van der Waals surface area contributed by atoms with Crippen LogP contribution in [0.4, 0.5) is 5.69 Å². The van der Waals surface area contributed by atoms with Crippen LogP contribution < -0.4 is 10.6 Å². The maximum atomic E-state index is 12.9. The number of benzene rings is 3. The Hall–Kier alpha value is -3.46. The lowest BCUT2D eigenvalue weighted by atomic mass is 10.1. The zero-order valence-electron chi connectivity index (χ0n) is 17.5. The third-order valence-corrected chi connectivity index (χ3v) is 6.52. The molecule has 0 saturated carbocycles. The average Bonchev–Trinajstić information content (AvgIpc) is 3.27. The Morgan fingerprint density at radius 2 is 1.41 bits per heavy atom. The second-order valence-electron chi connectivity index (χ2n) is 7.66. The monoisotopic (exact) mass is 513 g/mol. The number of para-hydroxylation sites is 1. The predicted molar refractivity (Wildman–Crippen MR) is 129 cm³/mol. The zero-order chi connectivity index (χ0) is 24.1. The van der Waals surface area contributed by atoms with E-state index in [9.17, 15) is 14.4 Å². The van der Waals surface area contributed by atoms with Gasteiger partial charge in [0.25, 0.3) is 11.8 Å². The average molecular weight is 515 g/mol. The third kappa shape index (κ3) is 3.60. The van der Waals surface area contributed by atoms with Gasteiger partial charge in [0.05, 0.1) is 44.1 Å². The molecule has 0 N–H and O–H groups in total. The normalized spacial score (nSPS) is 13.0. The van der Waals surface area contributed by atoms with Gasteiger partial charge < -0.3 is 0 Å². The van der Waals surface area contributed by atoms with Crippen molar-refractivity contribution in [3.63, 3.8) is 0 Å². The molecule has 0 atom stereocenters. The van der Waals surface area contributed by atoms with Crippen LogP contribution in [0.25, 0.3) is 5.69 Å². The van der Waals surface area contributed by atoms with Gasteiger partial charge in [-0.15, -0.1) is 0 Å². The first kappa shape index (κ1) is 22.3. The van der Waals surface area contributed by atoms with Gasteiger partial charge in [-0.2, -0.15) is 9.36 Å². The van der Waals surface area contributed by atoms with Crippen LogP contribution in [0.1, 0.15) is 31.8 Å². The van der Waals surface area contributed by atoms with Crippen LogP contribution in [-0.2, 0) is 6.54 Å². The summed E-state index contributed by atoms with van der Waals surface area (Å²) in [6.07, 6.45) is 0. The number of halogens is 3. The van der Waals surface area contributed by atoms with E-state index in [0.29, 0.717) is 22.0 Å². The summed E-state index contributed by atoms with van der Waals surface area (Å²) in [4.78, 5) is 39.7. The third-order valence-electron chi connectivity index (χ3n) is 5.48. The van der Waals surface area contributed by atoms with Gasteiger partial charge in [-0.1, -0.05) is 59.1 Å². The van der Waals surface area contributed by atoms with Crippen LogP contribution in [0.3, 0.4) is 0 Å². The van der Waals surface area contributed by atoms with Gasteiger partial charge in [0.1, 0.15) is 0 Å². The lowest BCUT2D eigenvalue weighted by Crippen LogP contribution is -2.30. The van der Waals surface area contributed by atoms with Crippen molar-refractivity contribution < 1.29 is 9.59 Å². The molecular weight excluding hydrogens is 501 g/mol. The molecule has 34 heavy (non-hydrogen) atoms. The van der Waals surface area contributed by atoms with E-state index in [2.05, 4.69) is 10.4 Å². The molecule has 5 rings (SSSR count). The van der Waals surface area contributed by atoms with Crippen molar-refractivity contribution in [3.05, 3.63) is 102 Å². The molecule has 0 spiro atoms. The number of carbonyl (C=O) groups excluding carboxylic acids is 2. The highest BCUT2D eigenvalue weighted by Crippen LogP contribution is 2.35. The maximum absolute atomic E-state index is 12.9. The van der Waals surface area contributed by atoms with E-state index in [4.69, 9.17) is 34.8 Å². The number of fused-ring (bicyclic) bond motifs is 1. The van der Waals surface area contributed by atoms with Crippen molar-refractivity contribution in [2.24, 2.45) is 0 Å². The number of tetrazole rings is 1. The van der Waals surface area contributed by atoms with Gasteiger partial charge >= 0.3 is 5.69 Å². The molecule has 2 heterocycles. The molecule has 0 saturated heterocycles. The van der Waals surface area contributed by atoms with E-state index >= 15 is 0 Å². The van der Waals surface area contributed by atoms with E-state index in [-0.39, 0.29) is 27.7 Å². The van der Waals surface area contributed by atoms with Crippen molar-refractivity contribution in [3.8, 4) is 5.69 Å². The highest BCUT2D eigenvalue weighted by Gasteiger charge is 2.38. The minimum Gasteiger partial charge on any atom is -0.268 e. The predicted octanol–water partition coefficient (Wildman–Crippen LogP) is 4.55. The number of aryl methyl sites for hydroxylation is 1. The first-order valence-corrected chi connectivity index (χ1v) is 11.1. The zero-order valence-corrected chi connectivity index (χ0v) is 19.8.